The molecule has 0 spiro atoms. The quantitative estimate of drug-likeness (QED) is 0.887. The predicted octanol–water partition coefficient (Wildman–Crippen LogP) is 2.34. The Balaban J connectivity index is 2.33. The number of para-hydroxylation sites is 1. The van der Waals surface area contributed by atoms with Crippen LogP contribution >= 0.6 is 11.6 Å². The van der Waals surface area contributed by atoms with E-state index in [1.54, 1.807) is 0 Å². The van der Waals surface area contributed by atoms with Gasteiger partial charge < -0.3 is 15.8 Å². The number of nitrogens with one attached hydrogen (secondary N) is 1. The van der Waals surface area contributed by atoms with Crippen molar-refractivity contribution >= 4 is 23.1 Å². The minimum Gasteiger partial charge on any atom is -0.467 e. The lowest BCUT2D eigenvalue weighted by molar-refractivity contribution is 0.380. The molecule has 2 aromatic rings. The Hall–Kier alpha value is -1.85. The van der Waals surface area contributed by atoms with Crippen LogP contribution < -0.4 is 15.8 Å². The normalized spacial score (nSPS) is 10.2. The molecule has 0 saturated heterocycles. The Kier molecular flexibility index (Phi) is 3.96. The topological polar surface area (TPSA) is 73.1 Å². The van der Waals surface area contributed by atoms with E-state index in [0.29, 0.717) is 17.4 Å². The van der Waals surface area contributed by atoms with Gasteiger partial charge in [0.1, 0.15) is 5.02 Å². The van der Waals surface area contributed by atoms with Crippen molar-refractivity contribution in [3.8, 4) is 6.01 Å². The van der Waals surface area contributed by atoms with Gasteiger partial charge in [0.05, 0.1) is 13.3 Å². The molecule has 0 amide bonds. The Labute approximate surface area is 110 Å². The monoisotopic (exact) mass is 264 g/mol. The number of methoxy groups -OCH3 is 1. The highest BCUT2D eigenvalue weighted by atomic mass is 35.5. The molecule has 0 unspecified atom stereocenters. The van der Waals surface area contributed by atoms with Gasteiger partial charge in [0.25, 0.3) is 0 Å². The van der Waals surface area contributed by atoms with Crippen LogP contribution in [0.3, 0.4) is 0 Å². The molecule has 1 aromatic heterocycles. The van der Waals surface area contributed by atoms with Gasteiger partial charge >= 0.3 is 6.01 Å². The number of anilines is 2. The lowest BCUT2D eigenvalue weighted by atomic mass is 10.2. The Morgan fingerprint density at radius 1 is 1.39 bits per heavy atom. The van der Waals surface area contributed by atoms with E-state index in [4.69, 9.17) is 22.1 Å². The van der Waals surface area contributed by atoms with Crippen molar-refractivity contribution in [3.05, 3.63) is 41.0 Å². The van der Waals surface area contributed by atoms with Crippen LogP contribution in [0.2, 0.25) is 5.02 Å². The third kappa shape index (κ3) is 2.69. The average Bonchev–Trinajstić information content (AvgIpc) is 2.42. The molecule has 2 rings (SSSR count). The average molecular weight is 265 g/mol. The van der Waals surface area contributed by atoms with Gasteiger partial charge in [-0.25, -0.2) is 4.98 Å². The molecule has 6 heteroatoms. The molecule has 0 aliphatic rings. The number of benzene rings is 1. The van der Waals surface area contributed by atoms with Crippen molar-refractivity contribution in [1.82, 2.24) is 9.97 Å². The highest BCUT2D eigenvalue weighted by Gasteiger charge is 2.07. The fourth-order valence-corrected chi connectivity index (χ4v) is 1.62. The summed E-state index contributed by atoms with van der Waals surface area (Å²) in [5.41, 5.74) is 7.51. The highest BCUT2D eigenvalue weighted by molar-refractivity contribution is 6.32. The van der Waals surface area contributed by atoms with Crippen molar-refractivity contribution in [1.29, 1.82) is 0 Å². The predicted molar refractivity (Wildman–Crippen MR) is 71.2 cm³/mol. The Morgan fingerprint density at radius 3 is 2.89 bits per heavy atom. The van der Waals surface area contributed by atoms with Crippen molar-refractivity contribution in [3.63, 3.8) is 0 Å². The van der Waals surface area contributed by atoms with Crippen LogP contribution in [0.5, 0.6) is 6.01 Å². The molecule has 0 fully saturated rings. The zero-order chi connectivity index (χ0) is 13.0. The van der Waals surface area contributed by atoms with Crippen LogP contribution in [0.4, 0.5) is 11.5 Å². The second-order valence-electron chi connectivity index (χ2n) is 3.54. The first-order valence-electron chi connectivity index (χ1n) is 5.36. The maximum Gasteiger partial charge on any atom is 0.318 e. The zero-order valence-corrected chi connectivity index (χ0v) is 10.6. The largest absolute Gasteiger partial charge is 0.467 e. The molecule has 5 nitrogen and oxygen atoms in total. The zero-order valence-electron chi connectivity index (χ0n) is 9.85. The molecule has 1 heterocycles. The van der Waals surface area contributed by atoms with Gasteiger partial charge in [-0.1, -0.05) is 29.8 Å². The van der Waals surface area contributed by atoms with Gasteiger partial charge in [-0.15, -0.1) is 0 Å². The van der Waals surface area contributed by atoms with E-state index in [-0.39, 0.29) is 6.01 Å². The van der Waals surface area contributed by atoms with Gasteiger partial charge in [0, 0.05) is 12.2 Å². The smallest absolute Gasteiger partial charge is 0.318 e. The van der Waals surface area contributed by atoms with Crippen LogP contribution in [-0.2, 0) is 6.54 Å². The number of hydrogen-bond acceptors (Lipinski definition) is 5. The van der Waals surface area contributed by atoms with E-state index in [1.807, 2.05) is 24.3 Å². The highest BCUT2D eigenvalue weighted by Crippen LogP contribution is 2.25. The summed E-state index contributed by atoms with van der Waals surface area (Å²) in [7, 11) is 1.50. The van der Waals surface area contributed by atoms with Gasteiger partial charge in [0.2, 0.25) is 0 Å². The fraction of sp³-hybridized carbons (Fsp3) is 0.167. The number of rotatable bonds is 4. The van der Waals surface area contributed by atoms with E-state index in [9.17, 15) is 0 Å². The molecule has 0 atom stereocenters. The number of halogens is 1. The summed E-state index contributed by atoms with van der Waals surface area (Å²) >= 11 is 6.02. The molecule has 94 valence electrons. The molecular weight excluding hydrogens is 252 g/mol. The summed E-state index contributed by atoms with van der Waals surface area (Å²) in [4.78, 5) is 8.06. The Bertz CT molecular complexity index is 547. The van der Waals surface area contributed by atoms with Crippen molar-refractivity contribution < 1.29 is 4.74 Å². The summed E-state index contributed by atoms with van der Waals surface area (Å²) in [6.07, 6.45) is 1.49. The third-order valence-corrected chi connectivity index (χ3v) is 2.67. The maximum absolute atomic E-state index is 6.02. The molecule has 18 heavy (non-hydrogen) atoms. The van der Waals surface area contributed by atoms with E-state index >= 15 is 0 Å². The van der Waals surface area contributed by atoms with Crippen LogP contribution in [-0.4, -0.2) is 17.1 Å². The lowest BCUT2D eigenvalue weighted by Gasteiger charge is -2.11. The molecule has 0 radical (unpaired) electrons. The fourth-order valence-electron chi connectivity index (χ4n) is 1.48. The first-order valence-corrected chi connectivity index (χ1v) is 5.74. The molecule has 3 N–H and O–H groups in total. The number of ether oxygens (including phenoxy) is 1. The number of nitrogens with zero attached hydrogens (tertiary/aromatic N) is 2. The summed E-state index contributed by atoms with van der Waals surface area (Å²) in [5, 5.41) is 3.54. The second-order valence-corrected chi connectivity index (χ2v) is 3.95. The maximum atomic E-state index is 6.02. The van der Waals surface area contributed by atoms with Crippen LogP contribution in [0.25, 0.3) is 0 Å². The van der Waals surface area contributed by atoms with Crippen molar-refractivity contribution in [2.75, 3.05) is 12.4 Å². The number of hydrogen-bond donors (Lipinski definition) is 2. The molecule has 0 bridgehead atoms. The van der Waals surface area contributed by atoms with Crippen LogP contribution in [0.15, 0.2) is 30.5 Å². The standard InChI is InChI=1S/C12H13ClN4O/c1-18-12-15-7-9(13)11(17-12)16-10-5-3-2-4-8(10)6-14/h2-5,7H,6,14H2,1H3,(H,15,16,17). The van der Waals surface area contributed by atoms with Crippen molar-refractivity contribution in [2.45, 2.75) is 6.54 Å². The third-order valence-electron chi connectivity index (χ3n) is 2.39. The van der Waals surface area contributed by atoms with Gasteiger partial charge in [-0.05, 0) is 11.6 Å². The lowest BCUT2D eigenvalue weighted by Crippen LogP contribution is -2.04. The van der Waals surface area contributed by atoms with E-state index in [0.717, 1.165) is 11.3 Å². The SMILES string of the molecule is COc1ncc(Cl)c(Nc2ccccc2CN)n1. The molecule has 1 aromatic carbocycles. The van der Waals surface area contributed by atoms with Gasteiger partial charge in [0.15, 0.2) is 5.82 Å². The summed E-state index contributed by atoms with van der Waals surface area (Å²) < 4.78 is 4.96. The van der Waals surface area contributed by atoms with E-state index < -0.39 is 0 Å². The first-order chi connectivity index (χ1) is 8.74. The molecule has 0 aliphatic carbocycles. The second kappa shape index (κ2) is 5.66. The number of nitrogens with two attached hydrogens (primary N) is 1. The summed E-state index contributed by atoms with van der Waals surface area (Å²) in [6.45, 7) is 0.434. The van der Waals surface area contributed by atoms with Crippen molar-refractivity contribution in [2.24, 2.45) is 5.73 Å². The summed E-state index contributed by atoms with van der Waals surface area (Å²) in [6, 6.07) is 7.94. The first kappa shape index (κ1) is 12.6. The minimum atomic E-state index is 0.257. The Morgan fingerprint density at radius 2 is 2.17 bits per heavy atom. The van der Waals surface area contributed by atoms with E-state index in [2.05, 4.69) is 15.3 Å². The molecule has 0 saturated carbocycles. The number of aromatic nitrogens is 2. The van der Waals surface area contributed by atoms with E-state index in [1.165, 1.54) is 13.3 Å². The molecular formula is C12H13ClN4O. The minimum absolute atomic E-state index is 0.257. The summed E-state index contributed by atoms with van der Waals surface area (Å²) in [5.74, 6) is 0.490. The van der Waals surface area contributed by atoms with Crippen LogP contribution in [0, 0.1) is 0 Å². The van der Waals surface area contributed by atoms with Crippen LogP contribution in [0.1, 0.15) is 5.56 Å². The molecule has 0 aliphatic heterocycles. The van der Waals surface area contributed by atoms with Gasteiger partial charge in [-0.2, -0.15) is 4.98 Å². The van der Waals surface area contributed by atoms with Gasteiger partial charge in [-0.3, -0.25) is 0 Å².